The van der Waals surface area contributed by atoms with Gasteiger partial charge in [0.05, 0.1) is 0 Å². The summed E-state index contributed by atoms with van der Waals surface area (Å²) in [7, 11) is 0. The molecule has 3 rings (SSSR count). The van der Waals surface area contributed by atoms with Crippen molar-refractivity contribution in [2.75, 3.05) is 52.4 Å². The summed E-state index contributed by atoms with van der Waals surface area (Å²) in [6.07, 6.45) is 5.18. The van der Waals surface area contributed by atoms with Gasteiger partial charge in [0, 0.05) is 51.7 Å². The van der Waals surface area contributed by atoms with Gasteiger partial charge in [0.1, 0.15) is 0 Å². The molecule has 3 aliphatic rings. The average molecular weight is 387 g/mol. The van der Waals surface area contributed by atoms with Crippen molar-refractivity contribution in [1.82, 2.24) is 20.0 Å². The third kappa shape index (κ3) is 4.45. The summed E-state index contributed by atoms with van der Waals surface area (Å²) in [5, 5.41) is 3.48. The smallest absolute Gasteiger partial charge is 0.319 e. The zero-order chi connectivity index (χ0) is 17.9. The van der Waals surface area contributed by atoms with Crippen LogP contribution in [0, 0.1) is 11.3 Å². The van der Waals surface area contributed by atoms with Crippen molar-refractivity contribution in [2.24, 2.45) is 11.3 Å². The highest BCUT2D eigenvalue weighted by Gasteiger charge is 2.39. The van der Waals surface area contributed by atoms with Crippen molar-refractivity contribution in [3.63, 3.8) is 0 Å². The monoisotopic (exact) mass is 386 g/mol. The first-order valence-electron chi connectivity index (χ1n) is 10.1. The summed E-state index contributed by atoms with van der Waals surface area (Å²) in [4.78, 5) is 31.2. The minimum Gasteiger partial charge on any atom is -0.342 e. The maximum atomic E-state index is 12.9. The number of nitrogens with zero attached hydrogens (tertiary/aromatic N) is 3. The first-order valence-corrected chi connectivity index (χ1v) is 10.1. The van der Waals surface area contributed by atoms with Crippen molar-refractivity contribution < 1.29 is 9.59 Å². The molecule has 7 heteroatoms. The minimum absolute atomic E-state index is 0. The van der Waals surface area contributed by atoms with Crippen LogP contribution in [0.25, 0.3) is 0 Å². The van der Waals surface area contributed by atoms with Gasteiger partial charge in [0.25, 0.3) is 0 Å². The second-order valence-corrected chi connectivity index (χ2v) is 7.97. The largest absolute Gasteiger partial charge is 0.342 e. The summed E-state index contributed by atoms with van der Waals surface area (Å²) in [5.74, 6) is 0.437. The van der Waals surface area contributed by atoms with E-state index in [0.717, 1.165) is 65.0 Å². The fraction of sp³-hybridized carbons (Fsp3) is 0.895. The van der Waals surface area contributed by atoms with E-state index >= 15 is 0 Å². The first-order chi connectivity index (χ1) is 12.1. The Kier molecular flexibility index (Phi) is 7.59. The maximum Gasteiger partial charge on any atom is 0.319 e. The fourth-order valence-corrected chi connectivity index (χ4v) is 4.69. The summed E-state index contributed by atoms with van der Waals surface area (Å²) in [6, 6.07) is 0.129. The first kappa shape index (κ1) is 21.3. The lowest BCUT2D eigenvalue weighted by Gasteiger charge is -2.41. The molecule has 0 radical (unpaired) electrons. The molecule has 0 aromatic carbocycles. The molecule has 26 heavy (non-hydrogen) atoms. The van der Waals surface area contributed by atoms with Crippen LogP contribution in [0.5, 0.6) is 0 Å². The van der Waals surface area contributed by atoms with Crippen LogP contribution >= 0.6 is 12.4 Å². The summed E-state index contributed by atoms with van der Waals surface area (Å²) < 4.78 is 0. The second kappa shape index (κ2) is 9.27. The van der Waals surface area contributed by atoms with Gasteiger partial charge in [-0.25, -0.2) is 4.79 Å². The molecule has 150 valence electrons. The Hall–Kier alpha value is -1.01. The van der Waals surface area contributed by atoms with E-state index in [1.54, 1.807) is 0 Å². The Balaban J connectivity index is 0.00000243. The van der Waals surface area contributed by atoms with Crippen LogP contribution in [-0.2, 0) is 4.79 Å². The molecule has 3 saturated heterocycles. The number of carbonyl (C=O) groups is 2. The normalized spacial score (nSPS) is 23.0. The Bertz CT molecular complexity index is 474. The molecule has 0 saturated carbocycles. The third-order valence-corrected chi connectivity index (χ3v) is 6.62. The zero-order valence-corrected chi connectivity index (χ0v) is 17.2. The molecule has 1 N–H and O–H groups in total. The van der Waals surface area contributed by atoms with E-state index in [2.05, 4.69) is 10.2 Å². The van der Waals surface area contributed by atoms with Crippen LogP contribution < -0.4 is 5.32 Å². The van der Waals surface area contributed by atoms with Gasteiger partial charge in [-0.3, -0.25) is 4.79 Å². The number of nitrogens with one attached hydrogen (secondary N) is 1. The van der Waals surface area contributed by atoms with Crippen LogP contribution in [0.2, 0.25) is 0 Å². The van der Waals surface area contributed by atoms with Crippen LogP contribution in [0.4, 0.5) is 4.79 Å². The molecule has 0 atom stereocenters. The zero-order valence-electron chi connectivity index (χ0n) is 16.3. The number of carbonyl (C=O) groups excluding carboxylic acids is 2. The molecule has 0 aromatic rings. The van der Waals surface area contributed by atoms with Gasteiger partial charge in [-0.05, 0) is 57.9 Å². The van der Waals surface area contributed by atoms with Crippen molar-refractivity contribution >= 4 is 24.3 Å². The van der Waals surface area contributed by atoms with E-state index in [1.165, 1.54) is 6.42 Å². The molecular weight excluding hydrogens is 352 g/mol. The van der Waals surface area contributed by atoms with Gasteiger partial charge in [0.15, 0.2) is 0 Å². The van der Waals surface area contributed by atoms with Crippen LogP contribution in [0.3, 0.4) is 0 Å². The molecule has 0 unspecified atom stereocenters. The number of halogens is 1. The van der Waals surface area contributed by atoms with Gasteiger partial charge in [0.2, 0.25) is 5.91 Å². The van der Waals surface area contributed by atoms with E-state index in [9.17, 15) is 9.59 Å². The summed E-state index contributed by atoms with van der Waals surface area (Å²) in [5.41, 5.74) is 0.455. The number of hydrogen-bond donors (Lipinski definition) is 1. The molecule has 0 aromatic heterocycles. The minimum atomic E-state index is 0. The number of piperidine rings is 2. The van der Waals surface area contributed by atoms with E-state index in [0.29, 0.717) is 24.4 Å². The predicted octanol–water partition coefficient (Wildman–Crippen LogP) is 2.18. The lowest BCUT2D eigenvalue weighted by Crippen LogP contribution is -2.50. The number of amides is 3. The molecule has 6 nitrogen and oxygen atoms in total. The standard InChI is InChI=1S/C19H34N4O2.ClH/c1-3-21(4-2)18(25)23-11-5-16(6-12-23)17(24)22-13-8-19(9-14-22)7-10-20-15-19;/h16,20H,3-15H2,1-2H3;1H. The van der Waals surface area contributed by atoms with E-state index < -0.39 is 0 Å². The lowest BCUT2D eigenvalue weighted by molar-refractivity contribution is -0.139. The molecule has 3 heterocycles. The lowest BCUT2D eigenvalue weighted by atomic mass is 9.77. The van der Waals surface area contributed by atoms with Gasteiger partial charge >= 0.3 is 6.03 Å². The number of urea groups is 1. The van der Waals surface area contributed by atoms with Crippen LogP contribution in [-0.4, -0.2) is 79.0 Å². The van der Waals surface area contributed by atoms with Gasteiger partial charge in [-0.15, -0.1) is 12.4 Å². The molecule has 3 aliphatic heterocycles. The molecule has 1 spiro atoms. The maximum absolute atomic E-state index is 12.9. The van der Waals surface area contributed by atoms with Gasteiger partial charge in [-0.2, -0.15) is 0 Å². The van der Waals surface area contributed by atoms with Crippen molar-refractivity contribution in [3.8, 4) is 0 Å². The third-order valence-electron chi connectivity index (χ3n) is 6.62. The van der Waals surface area contributed by atoms with Crippen LogP contribution in [0.15, 0.2) is 0 Å². The quantitative estimate of drug-likeness (QED) is 0.808. The van der Waals surface area contributed by atoms with E-state index in [4.69, 9.17) is 0 Å². The molecule has 3 fully saturated rings. The highest BCUT2D eigenvalue weighted by molar-refractivity contribution is 5.85. The molecular formula is C19H35ClN4O2. The van der Waals surface area contributed by atoms with Crippen LogP contribution in [0.1, 0.15) is 46.0 Å². The Morgan fingerprint density at radius 3 is 2.12 bits per heavy atom. The molecule has 0 bridgehead atoms. The van der Waals surface area contributed by atoms with Crippen molar-refractivity contribution in [2.45, 2.75) is 46.0 Å². The highest BCUT2D eigenvalue weighted by Crippen LogP contribution is 2.37. The van der Waals surface area contributed by atoms with E-state index in [1.807, 2.05) is 23.6 Å². The molecule has 0 aliphatic carbocycles. The topological polar surface area (TPSA) is 55.9 Å². The van der Waals surface area contributed by atoms with Gasteiger partial charge in [-0.1, -0.05) is 0 Å². The Morgan fingerprint density at radius 2 is 1.62 bits per heavy atom. The summed E-state index contributed by atoms with van der Waals surface area (Å²) in [6.45, 7) is 11.0. The number of rotatable bonds is 3. The summed E-state index contributed by atoms with van der Waals surface area (Å²) >= 11 is 0. The average Bonchev–Trinajstić information content (AvgIpc) is 3.11. The van der Waals surface area contributed by atoms with Crippen molar-refractivity contribution in [1.29, 1.82) is 0 Å². The number of hydrogen-bond acceptors (Lipinski definition) is 3. The SMILES string of the molecule is CCN(CC)C(=O)N1CCC(C(=O)N2CCC3(CCNC3)CC2)CC1.Cl. The van der Waals surface area contributed by atoms with Crippen molar-refractivity contribution in [3.05, 3.63) is 0 Å². The second-order valence-electron chi connectivity index (χ2n) is 7.97. The highest BCUT2D eigenvalue weighted by atomic mass is 35.5. The van der Waals surface area contributed by atoms with Gasteiger partial charge < -0.3 is 20.0 Å². The fourth-order valence-electron chi connectivity index (χ4n) is 4.69. The molecule has 3 amide bonds. The Morgan fingerprint density at radius 1 is 1.00 bits per heavy atom. The van der Waals surface area contributed by atoms with E-state index in [-0.39, 0.29) is 24.4 Å². The predicted molar refractivity (Wildman–Crippen MR) is 106 cm³/mol. The Labute approximate surface area is 164 Å². The number of likely N-dealkylation sites (tertiary alicyclic amines) is 2.